The smallest absolute Gasteiger partial charge is 0.227 e. The predicted octanol–water partition coefficient (Wildman–Crippen LogP) is 1.56. The van der Waals surface area contributed by atoms with Crippen LogP contribution in [0.15, 0.2) is 24.3 Å². The molecule has 25 heavy (non-hydrogen) atoms. The van der Waals surface area contributed by atoms with Crippen LogP contribution in [0.4, 0.5) is 4.39 Å². The Morgan fingerprint density at radius 2 is 2.00 bits per heavy atom. The van der Waals surface area contributed by atoms with E-state index in [-0.39, 0.29) is 23.9 Å². The summed E-state index contributed by atoms with van der Waals surface area (Å²) in [5.41, 5.74) is 0.853. The molecule has 2 heterocycles. The molecule has 0 spiro atoms. The third kappa shape index (κ3) is 4.19. The number of carbonyl (C=O) groups is 1. The first-order valence-electron chi connectivity index (χ1n) is 8.90. The van der Waals surface area contributed by atoms with Crippen molar-refractivity contribution in [2.45, 2.75) is 25.0 Å². The lowest BCUT2D eigenvalue weighted by molar-refractivity contribution is -0.138. The van der Waals surface area contributed by atoms with E-state index in [2.05, 4.69) is 4.90 Å². The first kappa shape index (κ1) is 18.3. The van der Waals surface area contributed by atoms with E-state index in [1.165, 1.54) is 12.1 Å². The third-order valence-corrected chi connectivity index (χ3v) is 5.44. The van der Waals surface area contributed by atoms with E-state index in [1.54, 1.807) is 26.4 Å². The number of halogens is 1. The predicted molar refractivity (Wildman–Crippen MR) is 92.8 cm³/mol. The topological polar surface area (TPSA) is 42.0 Å². The summed E-state index contributed by atoms with van der Waals surface area (Å²) in [6, 6.07) is 6.37. The Labute approximate surface area is 148 Å². The Morgan fingerprint density at radius 3 is 2.68 bits per heavy atom. The van der Waals surface area contributed by atoms with Crippen LogP contribution in [-0.2, 0) is 20.7 Å². The summed E-state index contributed by atoms with van der Waals surface area (Å²) in [5, 5.41) is 0. The average Bonchev–Trinajstić information content (AvgIpc) is 3.05. The molecule has 6 heteroatoms. The zero-order valence-corrected chi connectivity index (χ0v) is 15.0. The van der Waals surface area contributed by atoms with Gasteiger partial charge in [0.15, 0.2) is 0 Å². The molecule has 0 aliphatic carbocycles. The maximum atomic E-state index is 13.1. The van der Waals surface area contributed by atoms with Gasteiger partial charge in [-0.15, -0.1) is 0 Å². The van der Waals surface area contributed by atoms with Gasteiger partial charge in [-0.2, -0.15) is 0 Å². The second-order valence-corrected chi connectivity index (χ2v) is 6.94. The summed E-state index contributed by atoms with van der Waals surface area (Å²) in [7, 11) is 3.47. The van der Waals surface area contributed by atoms with Gasteiger partial charge < -0.3 is 14.4 Å². The number of likely N-dealkylation sites (tertiary alicyclic amines) is 2. The average molecular weight is 350 g/mol. The van der Waals surface area contributed by atoms with E-state index in [0.29, 0.717) is 18.9 Å². The molecule has 3 rings (SSSR count). The van der Waals surface area contributed by atoms with Crippen molar-refractivity contribution in [1.82, 2.24) is 9.80 Å². The molecule has 0 saturated carbocycles. The summed E-state index contributed by atoms with van der Waals surface area (Å²) >= 11 is 0. The Kier molecular flexibility index (Phi) is 6.04. The molecule has 5 nitrogen and oxygen atoms in total. The van der Waals surface area contributed by atoms with E-state index in [9.17, 15) is 9.18 Å². The van der Waals surface area contributed by atoms with Gasteiger partial charge in [0, 0.05) is 46.3 Å². The van der Waals surface area contributed by atoms with Gasteiger partial charge in [0.1, 0.15) is 5.82 Å². The number of hydrogen-bond acceptors (Lipinski definition) is 4. The fourth-order valence-electron chi connectivity index (χ4n) is 4.12. The van der Waals surface area contributed by atoms with Gasteiger partial charge >= 0.3 is 0 Å². The number of methoxy groups -OCH3 is 2. The van der Waals surface area contributed by atoms with Crippen molar-refractivity contribution < 1.29 is 18.7 Å². The van der Waals surface area contributed by atoms with Gasteiger partial charge in [0.25, 0.3) is 0 Å². The highest BCUT2D eigenvalue weighted by Gasteiger charge is 2.45. The van der Waals surface area contributed by atoms with Gasteiger partial charge in [-0.1, -0.05) is 12.1 Å². The van der Waals surface area contributed by atoms with E-state index < -0.39 is 0 Å². The molecule has 2 aliphatic rings. The van der Waals surface area contributed by atoms with Gasteiger partial charge in [-0.25, -0.2) is 4.39 Å². The summed E-state index contributed by atoms with van der Waals surface area (Å²) in [6.45, 7) is 4.09. The number of fused-ring (bicyclic) bond motifs is 1. The number of hydrogen-bond donors (Lipinski definition) is 0. The molecule has 1 amide bonds. The number of benzene rings is 1. The van der Waals surface area contributed by atoms with E-state index in [0.717, 1.165) is 38.2 Å². The minimum Gasteiger partial charge on any atom is -0.383 e. The van der Waals surface area contributed by atoms with Crippen molar-refractivity contribution in [3.05, 3.63) is 35.6 Å². The van der Waals surface area contributed by atoms with Crippen molar-refractivity contribution in [1.29, 1.82) is 0 Å². The van der Waals surface area contributed by atoms with Crippen LogP contribution in [0.1, 0.15) is 12.0 Å². The van der Waals surface area contributed by atoms with Gasteiger partial charge in [-0.3, -0.25) is 9.69 Å². The van der Waals surface area contributed by atoms with Crippen LogP contribution in [-0.4, -0.2) is 74.9 Å². The van der Waals surface area contributed by atoms with E-state index >= 15 is 0 Å². The quantitative estimate of drug-likeness (QED) is 0.781. The standard InChI is InChI=1S/C19H27FN2O3/c1-24-10-9-21-12-16-17(13-21)22(8-7-18(16)25-2)19(23)11-14-3-5-15(20)6-4-14/h3-6,16-18H,7-13H2,1-2H3/t16-,17+,18-/m0/s1. The Balaban J connectivity index is 1.68. The number of amides is 1. The molecule has 0 aromatic heterocycles. The van der Waals surface area contributed by atoms with Crippen molar-refractivity contribution in [2.75, 3.05) is 47.0 Å². The minimum atomic E-state index is -0.276. The van der Waals surface area contributed by atoms with Crippen molar-refractivity contribution in [3.63, 3.8) is 0 Å². The highest BCUT2D eigenvalue weighted by Crippen LogP contribution is 2.32. The van der Waals surface area contributed by atoms with Crippen molar-refractivity contribution in [2.24, 2.45) is 5.92 Å². The maximum absolute atomic E-state index is 13.1. The normalized spacial score (nSPS) is 26.7. The maximum Gasteiger partial charge on any atom is 0.227 e. The largest absolute Gasteiger partial charge is 0.383 e. The van der Waals surface area contributed by atoms with Crippen LogP contribution in [0.3, 0.4) is 0 Å². The second kappa shape index (κ2) is 8.25. The molecule has 3 atom stereocenters. The SMILES string of the molecule is COCCN1C[C@@H]2[C@@H](OC)CCN(C(=O)Cc3ccc(F)cc3)[C@@H]2C1. The fraction of sp³-hybridized carbons (Fsp3) is 0.632. The van der Waals surface area contributed by atoms with Crippen LogP contribution in [0.25, 0.3) is 0 Å². The zero-order chi connectivity index (χ0) is 17.8. The number of rotatable bonds is 6. The molecule has 2 aliphatic heterocycles. The summed E-state index contributed by atoms with van der Waals surface area (Å²) in [5.74, 6) is 0.180. The molecule has 138 valence electrons. The van der Waals surface area contributed by atoms with E-state index in [1.807, 2.05) is 4.90 Å². The van der Waals surface area contributed by atoms with Gasteiger partial charge in [0.05, 0.1) is 25.2 Å². The van der Waals surface area contributed by atoms with Crippen LogP contribution >= 0.6 is 0 Å². The molecular weight excluding hydrogens is 323 g/mol. The zero-order valence-electron chi connectivity index (χ0n) is 15.0. The summed E-state index contributed by atoms with van der Waals surface area (Å²) < 4.78 is 23.9. The lowest BCUT2D eigenvalue weighted by Crippen LogP contribution is -2.54. The highest BCUT2D eigenvalue weighted by atomic mass is 19.1. The van der Waals surface area contributed by atoms with E-state index in [4.69, 9.17) is 9.47 Å². The van der Waals surface area contributed by atoms with Gasteiger partial charge in [-0.05, 0) is 24.1 Å². The molecule has 2 fully saturated rings. The first-order valence-corrected chi connectivity index (χ1v) is 8.90. The molecule has 0 radical (unpaired) electrons. The highest BCUT2D eigenvalue weighted by molar-refractivity contribution is 5.79. The number of nitrogens with zero attached hydrogens (tertiary/aromatic N) is 2. The summed E-state index contributed by atoms with van der Waals surface area (Å²) in [6.07, 6.45) is 1.39. The molecule has 0 bridgehead atoms. The Morgan fingerprint density at radius 1 is 1.24 bits per heavy atom. The van der Waals surface area contributed by atoms with Crippen LogP contribution < -0.4 is 0 Å². The first-order chi connectivity index (χ1) is 12.1. The van der Waals surface area contributed by atoms with Crippen molar-refractivity contribution in [3.8, 4) is 0 Å². The van der Waals surface area contributed by atoms with Gasteiger partial charge in [0.2, 0.25) is 5.91 Å². The molecule has 1 aromatic carbocycles. The molecule has 1 aromatic rings. The second-order valence-electron chi connectivity index (χ2n) is 6.94. The molecule has 0 N–H and O–H groups in total. The number of carbonyl (C=O) groups excluding carboxylic acids is 1. The van der Waals surface area contributed by atoms with Crippen LogP contribution in [0, 0.1) is 11.7 Å². The molecule has 2 saturated heterocycles. The molecule has 0 unspecified atom stereocenters. The number of ether oxygens (including phenoxy) is 2. The van der Waals surface area contributed by atoms with Crippen LogP contribution in [0.2, 0.25) is 0 Å². The monoisotopic (exact) mass is 350 g/mol. The summed E-state index contributed by atoms with van der Waals surface area (Å²) in [4.78, 5) is 17.2. The van der Waals surface area contributed by atoms with Crippen LogP contribution in [0.5, 0.6) is 0 Å². The number of piperidine rings is 1. The third-order valence-electron chi connectivity index (χ3n) is 5.44. The lowest BCUT2D eigenvalue weighted by Gasteiger charge is -2.41. The minimum absolute atomic E-state index is 0.116. The fourth-order valence-corrected chi connectivity index (χ4v) is 4.12. The van der Waals surface area contributed by atoms with Crippen molar-refractivity contribution >= 4 is 5.91 Å². The lowest BCUT2D eigenvalue weighted by atomic mass is 9.88. The Hall–Kier alpha value is -1.50. The molecular formula is C19H27FN2O3. The Bertz CT molecular complexity index is 581.